The van der Waals surface area contributed by atoms with Gasteiger partial charge in [0.25, 0.3) is 0 Å². The van der Waals surface area contributed by atoms with Crippen molar-refractivity contribution in [2.75, 3.05) is 25.7 Å². The van der Waals surface area contributed by atoms with Gasteiger partial charge in [0.1, 0.15) is 5.54 Å². The molecule has 0 saturated carbocycles. The SMILES string of the molecule is CCOC(=O)C(C)(C)N(C)c1ccc(OC)c(F)c1. The molecule has 0 amide bonds. The number of hydrogen-bond donors (Lipinski definition) is 0. The second-order valence-electron chi connectivity index (χ2n) is 4.66. The summed E-state index contributed by atoms with van der Waals surface area (Å²) in [5, 5.41) is 0. The van der Waals surface area contributed by atoms with Crippen LogP contribution in [0.3, 0.4) is 0 Å². The van der Waals surface area contributed by atoms with Crippen molar-refractivity contribution in [1.29, 1.82) is 0 Å². The van der Waals surface area contributed by atoms with E-state index >= 15 is 0 Å². The minimum absolute atomic E-state index is 0.172. The zero-order valence-corrected chi connectivity index (χ0v) is 12.0. The smallest absolute Gasteiger partial charge is 0.331 e. The Bertz CT molecular complexity index is 460. The predicted molar refractivity (Wildman–Crippen MR) is 72.1 cm³/mol. The molecule has 1 aromatic carbocycles. The summed E-state index contributed by atoms with van der Waals surface area (Å²) < 4.78 is 23.6. The van der Waals surface area contributed by atoms with Crippen molar-refractivity contribution in [3.8, 4) is 5.75 Å². The number of rotatable bonds is 5. The van der Waals surface area contributed by atoms with Gasteiger partial charge in [-0.25, -0.2) is 9.18 Å². The summed E-state index contributed by atoms with van der Waals surface area (Å²) in [5.41, 5.74) is -0.298. The van der Waals surface area contributed by atoms with E-state index in [9.17, 15) is 9.18 Å². The maximum absolute atomic E-state index is 13.7. The molecule has 0 unspecified atom stereocenters. The molecule has 0 heterocycles. The highest BCUT2D eigenvalue weighted by Crippen LogP contribution is 2.27. The summed E-state index contributed by atoms with van der Waals surface area (Å²) in [6.07, 6.45) is 0. The lowest BCUT2D eigenvalue weighted by Crippen LogP contribution is -2.49. The predicted octanol–water partition coefficient (Wildman–Crippen LogP) is 2.61. The van der Waals surface area contributed by atoms with Crippen molar-refractivity contribution in [2.45, 2.75) is 26.3 Å². The molecule has 5 heteroatoms. The number of hydrogen-bond acceptors (Lipinski definition) is 4. The second kappa shape index (κ2) is 5.91. The van der Waals surface area contributed by atoms with Gasteiger partial charge in [0.05, 0.1) is 13.7 Å². The number of methoxy groups -OCH3 is 1. The third-order valence-corrected chi connectivity index (χ3v) is 3.14. The summed E-state index contributed by atoms with van der Waals surface area (Å²) >= 11 is 0. The lowest BCUT2D eigenvalue weighted by Gasteiger charge is -2.35. The van der Waals surface area contributed by atoms with Gasteiger partial charge < -0.3 is 14.4 Å². The van der Waals surface area contributed by atoms with E-state index in [0.717, 1.165) is 0 Å². The monoisotopic (exact) mass is 269 g/mol. The number of anilines is 1. The highest BCUT2D eigenvalue weighted by Gasteiger charge is 2.34. The van der Waals surface area contributed by atoms with E-state index in [-0.39, 0.29) is 11.7 Å². The number of carbonyl (C=O) groups is 1. The number of ether oxygens (including phenoxy) is 2. The van der Waals surface area contributed by atoms with Crippen LogP contribution in [0.4, 0.5) is 10.1 Å². The van der Waals surface area contributed by atoms with Crippen LogP contribution in [0.15, 0.2) is 18.2 Å². The Labute approximate surface area is 113 Å². The van der Waals surface area contributed by atoms with E-state index in [1.165, 1.54) is 19.2 Å². The normalized spacial score (nSPS) is 11.1. The maximum Gasteiger partial charge on any atom is 0.331 e. The van der Waals surface area contributed by atoms with E-state index in [4.69, 9.17) is 9.47 Å². The molecule has 0 spiro atoms. The molecule has 0 aliphatic heterocycles. The topological polar surface area (TPSA) is 38.8 Å². The number of benzene rings is 1. The highest BCUT2D eigenvalue weighted by molar-refractivity contribution is 5.84. The Hall–Kier alpha value is -1.78. The molecule has 0 bridgehead atoms. The van der Waals surface area contributed by atoms with Gasteiger partial charge in [-0.05, 0) is 32.9 Å². The number of nitrogens with zero attached hydrogens (tertiary/aromatic N) is 1. The third-order valence-electron chi connectivity index (χ3n) is 3.14. The molecule has 1 aromatic rings. The van der Waals surface area contributed by atoms with E-state index < -0.39 is 11.4 Å². The molecule has 0 fully saturated rings. The Morgan fingerprint density at radius 1 is 1.42 bits per heavy atom. The Morgan fingerprint density at radius 2 is 2.05 bits per heavy atom. The Morgan fingerprint density at radius 3 is 2.53 bits per heavy atom. The van der Waals surface area contributed by atoms with Gasteiger partial charge in [-0.3, -0.25) is 0 Å². The third kappa shape index (κ3) is 3.16. The van der Waals surface area contributed by atoms with Crippen LogP contribution in [-0.2, 0) is 9.53 Å². The lowest BCUT2D eigenvalue weighted by molar-refractivity contribution is -0.148. The van der Waals surface area contributed by atoms with Crippen LogP contribution in [0.1, 0.15) is 20.8 Å². The fourth-order valence-electron chi connectivity index (χ4n) is 1.63. The first-order valence-electron chi connectivity index (χ1n) is 6.09. The van der Waals surface area contributed by atoms with Crippen molar-refractivity contribution in [3.63, 3.8) is 0 Å². The zero-order valence-electron chi connectivity index (χ0n) is 12.0. The fourth-order valence-corrected chi connectivity index (χ4v) is 1.63. The van der Waals surface area contributed by atoms with Crippen molar-refractivity contribution >= 4 is 11.7 Å². The number of likely N-dealkylation sites (N-methyl/N-ethyl adjacent to an activating group) is 1. The highest BCUT2D eigenvalue weighted by atomic mass is 19.1. The number of halogens is 1. The number of carbonyl (C=O) groups excluding carboxylic acids is 1. The van der Waals surface area contributed by atoms with Crippen LogP contribution in [0.2, 0.25) is 0 Å². The average Bonchev–Trinajstić information content (AvgIpc) is 2.37. The first-order valence-corrected chi connectivity index (χ1v) is 6.09. The summed E-state index contributed by atoms with van der Waals surface area (Å²) in [6, 6.07) is 4.56. The van der Waals surface area contributed by atoms with Crippen molar-refractivity contribution in [3.05, 3.63) is 24.0 Å². The molecule has 4 nitrogen and oxygen atoms in total. The van der Waals surface area contributed by atoms with Crippen LogP contribution in [-0.4, -0.2) is 32.3 Å². The molecular formula is C14H20FNO3. The lowest BCUT2D eigenvalue weighted by atomic mass is 10.0. The van der Waals surface area contributed by atoms with Gasteiger partial charge in [0.2, 0.25) is 0 Å². The van der Waals surface area contributed by atoms with Crippen LogP contribution in [0, 0.1) is 5.82 Å². The summed E-state index contributed by atoms with van der Waals surface area (Å²) in [7, 11) is 3.13. The summed E-state index contributed by atoms with van der Waals surface area (Å²) in [5.74, 6) is -0.647. The quantitative estimate of drug-likeness (QED) is 0.770. The van der Waals surface area contributed by atoms with E-state index in [0.29, 0.717) is 12.3 Å². The molecule has 0 aliphatic carbocycles. The largest absolute Gasteiger partial charge is 0.494 e. The average molecular weight is 269 g/mol. The first-order chi connectivity index (χ1) is 8.84. The molecule has 0 atom stereocenters. The molecule has 106 valence electrons. The molecular weight excluding hydrogens is 249 g/mol. The van der Waals surface area contributed by atoms with Gasteiger partial charge in [-0.1, -0.05) is 0 Å². The minimum atomic E-state index is -0.878. The van der Waals surface area contributed by atoms with E-state index in [1.807, 2.05) is 0 Å². The Balaban J connectivity index is 3.02. The van der Waals surface area contributed by atoms with Crippen LogP contribution in [0.25, 0.3) is 0 Å². The first kappa shape index (κ1) is 15.3. The molecule has 0 radical (unpaired) electrons. The van der Waals surface area contributed by atoms with Crippen molar-refractivity contribution in [2.24, 2.45) is 0 Å². The standard InChI is InChI=1S/C14H20FNO3/c1-6-19-13(17)14(2,3)16(4)10-7-8-12(18-5)11(15)9-10/h7-9H,6H2,1-5H3. The van der Waals surface area contributed by atoms with Crippen molar-refractivity contribution in [1.82, 2.24) is 0 Å². The molecule has 0 saturated heterocycles. The Kier molecular flexibility index (Phi) is 4.75. The second-order valence-corrected chi connectivity index (χ2v) is 4.66. The van der Waals surface area contributed by atoms with Gasteiger partial charge in [-0.2, -0.15) is 0 Å². The van der Waals surface area contributed by atoms with E-state index in [2.05, 4.69) is 0 Å². The van der Waals surface area contributed by atoms with Gasteiger partial charge in [-0.15, -0.1) is 0 Å². The van der Waals surface area contributed by atoms with Gasteiger partial charge >= 0.3 is 5.97 Å². The molecule has 19 heavy (non-hydrogen) atoms. The summed E-state index contributed by atoms with van der Waals surface area (Å²) in [6.45, 7) is 5.52. The fraction of sp³-hybridized carbons (Fsp3) is 0.500. The van der Waals surface area contributed by atoms with Crippen LogP contribution < -0.4 is 9.64 Å². The molecule has 1 rings (SSSR count). The molecule has 0 aromatic heterocycles. The zero-order chi connectivity index (χ0) is 14.6. The maximum atomic E-state index is 13.7. The minimum Gasteiger partial charge on any atom is -0.494 e. The summed E-state index contributed by atoms with van der Waals surface area (Å²) in [4.78, 5) is 13.6. The van der Waals surface area contributed by atoms with Crippen LogP contribution in [0.5, 0.6) is 5.75 Å². The van der Waals surface area contributed by atoms with Crippen LogP contribution >= 0.6 is 0 Å². The molecule has 0 N–H and O–H groups in total. The number of esters is 1. The molecule has 0 aliphatic rings. The van der Waals surface area contributed by atoms with Gasteiger partial charge in [0.15, 0.2) is 11.6 Å². The van der Waals surface area contributed by atoms with Gasteiger partial charge in [0, 0.05) is 18.8 Å². The van der Waals surface area contributed by atoms with E-state index in [1.54, 1.807) is 38.8 Å². The van der Waals surface area contributed by atoms with Crippen molar-refractivity contribution < 1.29 is 18.7 Å².